The Morgan fingerprint density at radius 1 is 1.19 bits per heavy atom. The van der Waals surface area contributed by atoms with Gasteiger partial charge in [-0.3, -0.25) is 9.59 Å². The van der Waals surface area contributed by atoms with Crippen molar-refractivity contribution in [2.75, 3.05) is 26.4 Å². The van der Waals surface area contributed by atoms with E-state index >= 15 is 0 Å². The molecule has 0 atom stereocenters. The van der Waals surface area contributed by atoms with Crippen LogP contribution in [0.3, 0.4) is 0 Å². The predicted molar refractivity (Wildman–Crippen MR) is 84.0 cm³/mol. The van der Waals surface area contributed by atoms with Crippen LogP contribution in [-0.2, 0) is 4.79 Å². The summed E-state index contributed by atoms with van der Waals surface area (Å²) in [5.41, 5.74) is 6.90. The molecule has 0 heterocycles. The smallest absolute Gasteiger partial charge is 0.255 e. The monoisotopic (exact) mass is 285 g/mol. The van der Waals surface area contributed by atoms with E-state index in [2.05, 4.69) is 5.32 Å². The zero-order chi connectivity index (χ0) is 15.4. The van der Waals surface area contributed by atoms with Gasteiger partial charge in [-0.1, -0.05) is 24.3 Å². The number of anilines is 1. The largest absolute Gasteiger partial charge is 0.398 e. The Bertz CT molecular complexity index is 682. The van der Waals surface area contributed by atoms with Crippen molar-refractivity contribution in [1.82, 2.24) is 10.2 Å². The van der Waals surface area contributed by atoms with Crippen LogP contribution in [0, 0.1) is 0 Å². The van der Waals surface area contributed by atoms with Crippen LogP contribution in [0.15, 0.2) is 36.4 Å². The number of amides is 2. The first-order valence-corrected chi connectivity index (χ1v) is 6.77. The molecule has 0 aliphatic heterocycles. The lowest BCUT2D eigenvalue weighted by Gasteiger charge is -2.18. The molecule has 2 amide bonds. The van der Waals surface area contributed by atoms with Crippen LogP contribution in [0.5, 0.6) is 0 Å². The number of nitrogens with one attached hydrogen (secondary N) is 1. The Balaban J connectivity index is 2.22. The van der Waals surface area contributed by atoms with Crippen LogP contribution in [-0.4, -0.2) is 37.4 Å². The van der Waals surface area contributed by atoms with Crippen LogP contribution in [0.2, 0.25) is 0 Å². The highest BCUT2D eigenvalue weighted by molar-refractivity contribution is 6.03. The number of carbonyl (C=O) groups is 2. The van der Waals surface area contributed by atoms with Crippen LogP contribution in [0.25, 0.3) is 10.8 Å². The van der Waals surface area contributed by atoms with Crippen molar-refractivity contribution in [1.29, 1.82) is 0 Å². The number of hydrogen-bond acceptors (Lipinski definition) is 3. The zero-order valence-electron chi connectivity index (χ0n) is 12.2. The third-order valence-electron chi connectivity index (χ3n) is 3.45. The topological polar surface area (TPSA) is 75.4 Å². The average molecular weight is 285 g/mol. The van der Waals surface area contributed by atoms with Gasteiger partial charge in [0.25, 0.3) is 5.91 Å². The van der Waals surface area contributed by atoms with Crippen molar-refractivity contribution < 1.29 is 9.59 Å². The number of hydrogen-bond donors (Lipinski definition) is 2. The number of carbonyl (C=O) groups excluding carboxylic acids is 2. The minimum Gasteiger partial charge on any atom is -0.398 e. The van der Waals surface area contributed by atoms with Gasteiger partial charge >= 0.3 is 0 Å². The molecule has 21 heavy (non-hydrogen) atoms. The molecule has 0 fully saturated rings. The summed E-state index contributed by atoms with van der Waals surface area (Å²) in [5.74, 6) is -0.275. The molecule has 5 heteroatoms. The SMILES string of the molecule is CNC(=O)CCN(C)C(=O)c1cc2ccccc2cc1N. The molecule has 2 rings (SSSR count). The second-order valence-electron chi connectivity index (χ2n) is 4.94. The second kappa shape index (κ2) is 6.26. The molecule has 0 unspecified atom stereocenters. The lowest BCUT2D eigenvalue weighted by atomic mass is 10.0. The third-order valence-corrected chi connectivity index (χ3v) is 3.45. The van der Waals surface area contributed by atoms with Crippen LogP contribution < -0.4 is 11.1 Å². The maximum Gasteiger partial charge on any atom is 0.255 e. The van der Waals surface area contributed by atoms with Gasteiger partial charge < -0.3 is 16.0 Å². The second-order valence-corrected chi connectivity index (χ2v) is 4.94. The highest BCUT2D eigenvalue weighted by atomic mass is 16.2. The fraction of sp³-hybridized carbons (Fsp3) is 0.250. The van der Waals surface area contributed by atoms with E-state index < -0.39 is 0 Å². The van der Waals surface area contributed by atoms with Crippen molar-refractivity contribution in [3.05, 3.63) is 42.0 Å². The summed E-state index contributed by atoms with van der Waals surface area (Å²) in [6.45, 7) is 0.352. The van der Waals surface area contributed by atoms with E-state index in [1.807, 2.05) is 24.3 Å². The molecule has 0 saturated carbocycles. The van der Waals surface area contributed by atoms with E-state index in [1.165, 1.54) is 4.90 Å². The first-order chi connectivity index (χ1) is 10.0. The molecule has 3 N–H and O–H groups in total. The quantitative estimate of drug-likeness (QED) is 0.838. The summed E-state index contributed by atoms with van der Waals surface area (Å²) >= 11 is 0. The summed E-state index contributed by atoms with van der Waals surface area (Å²) in [6.07, 6.45) is 0.270. The van der Waals surface area contributed by atoms with Crippen molar-refractivity contribution in [2.24, 2.45) is 0 Å². The minimum atomic E-state index is -0.179. The number of nitrogens with two attached hydrogens (primary N) is 1. The average Bonchev–Trinajstić information content (AvgIpc) is 2.50. The standard InChI is InChI=1S/C16H19N3O2/c1-18-15(20)7-8-19(2)16(21)13-9-11-5-3-4-6-12(11)10-14(13)17/h3-6,9-10H,7-8,17H2,1-2H3,(H,18,20). The number of fused-ring (bicyclic) bond motifs is 1. The summed E-state index contributed by atoms with van der Waals surface area (Å²) in [4.78, 5) is 25.2. The van der Waals surface area contributed by atoms with Gasteiger partial charge in [-0.15, -0.1) is 0 Å². The normalized spacial score (nSPS) is 10.4. The Labute approximate surface area is 123 Å². The molecule has 0 spiro atoms. The molecular weight excluding hydrogens is 266 g/mol. The van der Waals surface area contributed by atoms with Gasteiger partial charge in [0.1, 0.15) is 0 Å². The molecule has 0 aromatic heterocycles. The lowest BCUT2D eigenvalue weighted by molar-refractivity contribution is -0.120. The van der Waals surface area contributed by atoms with Crippen molar-refractivity contribution in [2.45, 2.75) is 6.42 Å². The first kappa shape index (κ1) is 14.8. The number of nitrogens with zero attached hydrogens (tertiary/aromatic N) is 1. The van der Waals surface area contributed by atoms with Gasteiger partial charge in [-0.2, -0.15) is 0 Å². The molecule has 2 aromatic carbocycles. The van der Waals surface area contributed by atoms with Crippen molar-refractivity contribution >= 4 is 28.3 Å². The summed E-state index contributed by atoms with van der Waals surface area (Å²) in [6, 6.07) is 11.3. The van der Waals surface area contributed by atoms with Gasteiger partial charge in [0.2, 0.25) is 5.91 Å². The van der Waals surface area contributed by atoms with Gasteiger partial charge in [0.05, 0.1) is 5.56 Å². The van der Waals surface area contributed by atoms with Crippen molar-refractivity contribution in [3.63, 3.8) is 0 Å². The van der Waals surface area contributed by atoms with Gasteiger partial charge in [0.15, 0.2) is 0 Å². The number of rotatable bonds is 4. The van der Waals surface area contributed by atoms with Crippen LogP contribution in [0.1, 0.15) is 16.8 Å². The van der Waals surface area contributed by atoms with Crippen molar-refractivity contribution in [3.8, 4) is 0 Å². The molecule has 2 aromatic rings. The minimum absolute atomic E-state index is 0.0962. The molecular formula is C16H19N3O2. The Hall–Kier alpha value is -2.56. The molecule has 110 valence electrons. The van der Waals surface area contributed by atoms with Crippen LogP contribution >= 0.6 is 0 Å². The Kier molecular flexibility index (Phi) is 4.42. The van der Waals surface area contributed by atoms with Gasteiger partial charge in [-0.25, -0.2) is 0 Å². The molecule has 0 saturated heterocycles. The predicted octanol–water partition coefficient (Wildman–Crippen LogP) is 1.63. The van der Waals surface area contributed by atoms with E-state index in [1.54, 1.807) is 26.2 Å². The van der Waals surface area contributed by atoms with E-state index in [0.717, 1.165) is 10.8 Å². The van der Waals surface area contributed by atoms with E-state index in [0.29, 0.717) is 17.8 Å². The summed E-state index contributed by atoms with van der Waals surface area (Å²) < 4.78 is 0. The number of benzene rings is 2. The molecule has 0 radical (unpaired) electrons. The Morgan fingerprint density at radius 3 is 2.43 bits per heavy atom. The highest BCUT2D eigenvalue weighted by Gasteiger charge is 2.16. The fourth-order valence-corrected chi connectivity index (χ4v) is 2.14. The van der Waals surface area contributed by atoms with E-state index in [9.17, 15) is 9.59 Å². The lowest BCUT2D eigenvalue weighted by Crippen LogP contribution is -2.31. The van der Waals surface area contributed by atoms with E-state index in [-0.39, 0.29) is 18.2 Å². The Morgan fingerprint density at radius 2 is 1.81 bits per heavy atom. The highest BCUT2D eigenvalue weighted by Crippen LogP contribution is 2.22. The molecule has 0 aliphatic rings. The van der Waals surface area contributed by atoms with Gasteiger partial charge in [0, 0.05) is 32.7 Å². The molecule has 0 aliphatic carbocycles. The van der Waals surface area contributed by atoms with Gasteiger partial charge in [-0.05, 0) is 22.9 Å². The van der Waals surface area contributed by atoms with E-state index in [4.69, 9.17) is 5.73 Å². The number of nitrogen functional groups attached to an aromatic ring is 1. The molecule has 0 bridgehead atoms. The third kappa shape index (κ3) is 3.31. The maximum absolute atomic E-state index is 12.4. The summed E-state index contributed by atoms with van der Waals surface area (Å²) in [7, 11) is 3.24. The summed E-state index contributed by atoms with van der Waals surface area (Å²) in [5, 5.41) is 4.50. The maximum atomic E-state index is 12.4. The first-order valence-electron chi connectivity index (χ1n) is 6.77. The van der Waals surface area contributed by atoms with Crippen LogP contribution in [0.4, 0.5) is 5.69 Å². The molecule has 5 nitrogen and oxygen atoms in total. The fourth-order valence-electron chi connectivity index (χ4n) is 2.14. The zero-order valence-corrected chi connectivity index (χ0v) is 12.2.